The van der Waals surface area contributed by atoms with Gasteiger partial charge < -0.3 is 9.84 Å². The van der Waals surface area contributed by atoms with Gasteiger partial charge in [-0.25, -0.2) is 9.78 Å². The number of aryl methyl sites for hydroxylation is 3. The molecule has 9 heteroatoms. The predicted molar refractivity (Wildman–Crippen MR) is 142 cm³/mol. The van der Waals surface area contributed by atoms with Crippen molar-refractivity contribution in [3.63, 3.8) is 0 Å². The number of aromatic carboxylic acids is 1. The summed E-state index contributed by atoms with van der Waals surface area (Å²) in [6.45, 7) is 6.50. The summed E-state index contributed by atoms with van der Waals surface area (Å²) < 4.78 is 8.64. The highest BCUT2D eigenvalue weighted by molar-refractivity contribution is 7.18. The highest BCUT2D eigenvalue weighted by atomic mass is 35.5. The number of ether oxygens (including phenoxy) is 1. The molecule has 0 spiro atoms. The molecule has 3 aromatic heterocycles. The summed E-state index contributed by atoms with van der Waals surface area (Å²) in [5.41, 5.74) is 4.66. The molecule has 0 fully saturated rings. The van der Waals surface area contributed by atoms with Gasteiger partial charge in [0.05, 0.1) is 28.0 Å². The third-order valence-electron chi connectivity index (χ3n) is 6.65. The fourth-order valence-corrected chi connectivity index (χ4v) is 6.02. The van der Waals surface area contributed by atoms with Gasteiger partial charge in [-0.15, -0.1) is 11.3 Å². The summed E-state index contributed by atoms with van der Waals surface area (Å²) >= 11 is 7.68. The van der Waals surface area contributed by atoms with E-state index < -0.39 is 5.97 Å². The molecule has 1 atom stereocenters. The number of fused-ring (bicyclic) bond motifs is 2. The van der Waals surface area contributed by atoms with Crippen LogP contribution in [-0.2, 0) is 19.4 Å². The highest BCUT2D eigenvalue weighted by Crippen LogP contribution is 2.40. The Bertz CT molecular complexity index is 1560. The second-order valence-electron chi connectivity index (χ2n) is 9.32. The Hall–Kier alpha value is -3.23. The maximum atomic E-state index is 13.2. The van der Waals surface area contributed by atoms with Crippen molar-refractivity contribution in [2.24, 2.45) is 5.92 Å². The van der Waals surface area contributed by atoms with Gasteiger partial charge in [0.2, 0.25) is 0 Å². The van der Waals surface area contributed by atoms with E-state index in [9.17, 15) is 14.7 Å². The van der Waals surface area contributed by atoms with Crippen LogP contribution in [0.25, 0.3) is 21.3 Å². The molecule has 1 aromatic carbocycles. The lowest BCUT2D eigenvalue weighted by atomic mass is 9.88. The van der Waals surface area contributed by atoms with Crippen LogP contribution in [0.2, 0.25) is 5.02 Å². The van der Waals surface area contributed by atoms with Crippen LogP contribution < -0.4 is 10.3 Å². The number of carboxylic acids is 1. The maximum Gasteiger partial charge on any atom is 0.338 e. The minimum absolute atomic E-state index is 0.0234. The summed E-state index contributed by atoms with van der Waals surface area (Å²) in [5, 5.41) is 11.7. The van der Waals surface area contributed by atoms with Gasteiger partial charge in [-0.1, -0.05) is 18.5 Å². The number of thiophene rings is 1. The molecule has 0 saturated heterocycles. The molecule has 0 radical (unpaired) electrons. The standard InChI is InChI=1S/C27H26ClN3O4S/c1-14-4-6-22-20(10-14)26(32)31(16(3)30-22)8-9-35-23-7-5-17(28)12-18(23)19-11-15(2)29-24-21(27(33)34)13-36-25(19)24/h5,7,11-14H,4,6,8-10H2,1-3H3,(H,33,34)/t14-/m1/s1. The van der Waals surface area contributed by atoms with Gasteiger partial charge in [-0.2, -0.15) is 0 Å². The van der Waals surface area contributed by atoms with Crippen molar-refractivity contribution in [2.75, 3.05) is 6.61 Å². The van der Waals surface area contributed by atoms with E-state index in [0.29, 0.717) is 40.3 Å². The van der Waals surface area contributed by atoms with E-state index in [1.54, 1.807) is 22.1 Å². The molecule has 0 saturated carbocycles. The van der Waals surface area contributed by atoms with Crippen LogP contribution >= 0.6 is 22.9 Å². The van der Waals surface area contributed by atoms with Crippen LogP contribution in [0.3, 0.4) is 0 Å². The zero-order chi connectivity index (χ0) is 25.6. The SMILES string of the molecule is Cc1cc(-c2cc(Cl)ccc2OCCn2c(C)nc3c(c2=O)C[C@H](C)CC3)c2scc(C(=O)O)c2n1. The molecule has 0 unspecified atom stereocenters. The van der Waals surface area contributed by atoms with E-state index in [2.05, 4.69) is 11.9 Å². The molecule has 4 aromatic rings. The summed E-state index contributed by atoms with van der Waals surface area (Å²) in [6, 6.07) is 7.27. The summed E-state index contributed by atoms with van der Waals surface area (Å²) in [7, 11) is 0. The molecule has 186 valence electrons. The average Bonchev–Trinajstić information content (AvgIpc) is 3.26. The van der Waals surface area contributed by atoms with Gasteiger partial charge >= 0.3 is 5.97 Å². The normalized spacial score (nSPS) is 15.2. The topological polar surface area (TPSA) is 94.3 Å². The molecule has 36 heavy (non-hydrogen) atoms. The van der Waals surface area contributed by atoms with Crippen molar-refractivity contribution in [1.29, 1.82) is 0 Å². The Kier molecular flexibility index (Phi) is 6.57. The lowest BCUT2D eigenvalue weighted by molar-refractivity contribution is 0.0699. The first kappa shape index (κ1) is 24.5. The van der Waals surface area contributed by atoms with E-state index >= 15 is 0 Å². The third-order valence-corrected chi connectivity index (χ3v) is 7.89. The molecule has 0 amide bonds. The lowest BCUT2D eigenvalue weighted by Crippen LogP contribution is -2.33. The number of pyridine rings is 1. The summed E-state index contributed by atoms with van der Waals surface area (Å²) in [4.78, 5) is 34.1. The predicted octanol–water partition coefficient (Wildman–Crippen LogP) is 5.69. The molecule has 1 aliphatic carbocycles. The zero-order valence-electron chi connectivity index (χ0n) is 20.3. The van der Waals surface area contributed by atoms with Gasteiger partial charge in [-0.3, -0.25) is 14.3 Å². The summed E-state index contributed by atoms with van der Waals surface area (Å²) in [5.74, 6) is 0.763. The lowest BCUT2D eigenvalue weighted by Gasteiger charge is -2.22. The van der Waals surface area contributed by atoms with Crippen LogP contribution in [0.4, 0.5) is 0 Å². The molecular weight excluding hydrogens is 498 g/mol. The van der Waals surface area contributed by atoms with Gasteiger partial charge in [-0.05, 0) is 63.3 Å². The monoisotopic (exact) mass is 523 g/mol. The van der Waals surface area contributed by atoms with E-state index in [4.69, 9.17) is 21.3 Å². The van der Waals surface area contributed by atoms with Crippen LogP contribution in [0.15, 0.2) is 34.4 Å². The molecule has 1 aliphatic rings. The number of nitrogens with zero attached hydrogens (tertiary/aromatic N) is 3. The highest BCUT2D eigenvalue weighted by Gasteiger charge is 2.22. The fraction of sp³-hybridized carbons (Fsp3) is 0.333. The van der Waals surface area contributed by atoms with Crippen molar-refractivity contribution in [3.8, 4) is 16.9 Å². The first-order valence-corrected chi connectivity index (χ1v) is 13.1. The van der Waals surface area contributed by atoms with Gasteiger partial charge in [0, 0.05) is 32.8 Å². The largest absolute Gasteiger partial charge is 0.491 e. The number of halogens is 1. The first-order valence-electron chi connectivity index (χ1n) is 11.9. The number of carboxylic acid groups (broad SMARTS) is 1. The molecule has 3 heterocycles. The van der Waals surface area contributed by atoms with Crippen LogP contribution in [0.1, 0.15) is 46.5 Å². The number of hydrogen-bond donors (Lipinski definition) is 1. The Morgan fingerprint density at radius 2 is 2.06 bits per heavy atom. The smallest absolute Gasteiger partial charge is 0.338 e. The van der Waals surface area contributed by atoms with Crippen LogP contribution in [0, 0.1) is 19.8 Å². The van der Waals surface area contributed by atoms with E-state index in [0.717, 1.165) is 46.3 Å². The fourth-order valence-electron chi connectivity index (χ4n) is 4.84. The molecule has 1 N–H and O–H groups in total. The van der Waals surface area contributed by atoms with Gasteiger partial charge in [0.15, 0.2) is 0 Å². The second-order valence-corrected chi connectivity index (χ2v) is 10.6. The molecule has 0 bridgehead atoms. The average molecular weight is 524 g/mol. The number of aromatic nitrogens is 3. The number of hydrogen-bond acceptors (Lipinski definition) is 6. The number of benzene rings is 1. The number of carbonyl (C=O) groups is 1. The van der Waals surface area contributed by atoms with Crippen molar-refractivity contribution < 1.29 is 14.6 Å². The minimum atomic E-state index is -1.01. The zero-order valence-corrected chi connectivity index (χ0v) is 21.9. The van der Waals surface area contributed by atoms with Gasteiger partial charge in [0.1, 0.15) is 18.2 Å². The Morgan fingerprint density at radius 3 is 2.83 bits per heavy atom. The maximum absolute atomic E-state index is 13.2. The van der Waals surface area contributed by atoms with E-state index in [1.807, 2.05) is 26.0 Å². The van der Waals surface area contributed by atoms with Gasteiger partial charge in [0.25, 0.3) is 5.56 Å². The van der Waals surface area contributed by atoms with Crippen molar-refractivity contribution in [2.45, 2.75) is 46.6 Å². The quantitative estimate of drug-likeness (QED) is 0.349. The van der Waals surface area contributed by atoms with Crippen LogP contribution in [-0.4, -0.2) is 32.2 Å². The summed E-state index contributed by atoms with van der Waals surface area (Å²) in [6.07, 6.45) is 2.68. The van der Waals surface area contributed by atoms with E-state index in [-0.39, 0.29) is 17.7 Å². The second kappa shape index (κ2) is 9.67. The third kappa shape index (κ3) is 4.51. The Morgan fingerprint density at radius 1 is 1.25 bits per heavy atom. The van der Waals surface area contributed by atoms with Crippen molar-refractivity contribution >= 4 is 39.1 Å². The molecular formula is C27H26ClN3O4S. The minimum Gasteiger partial charge on any atom is -0.491 e. The number of rotatable bonds is 6. The molecule has 5 rings (SSSR count). The van der Waals surface area contributed by atoms with Crippen LogP contribution in [0.5, 0.6) is 5.75 Å². The Labute approximate surface area is 217 Å². The molecule has 7 nitrogen and oxygen atoms in total. The van der Waals surface area contributed by atoms with Crippen molar-refractivity contribution in [1.82, 2.24) is 14.5 Å². The van der Waals surface area contributed by atoms with Crippen molar-refractivity contribution in [3.05, 3.63) is 73.4 Å². The Balaban J connectivity index is 1.47. The van der Waals surface area contributed by atoms with E-state index in [1.165, 1.54) is 11.3 Å². The molecule has 0 aliphatic heterocycles. The first-order chi connectivity index (χ1) is 17.2.